The van der Waals surface area contributed by atoms with Crippen molar-refractivity contribution in [1.29, 1.82) is 0 Å². The van der Waals surface area contributed by atoms with Gasteiger partial charge in [0.25, 0.3) is 0 Å². The molecule has 0 N–H and O–H groups in total. The molecule has 0 atom stereocenters. The maximum absolute atomic E-state index is 12.7. The van der Waals surface area contributed by atoms with Gasteiger partial charge in [-0.3, -0.25) is 0 Å². The number of benzene rings is 2. The first kappa shape index (κ1) is 21.3. The molecule has 0 amide bonds. The van der Waals surface area contributed by atoms with E-state index < -0.39 is 18.0 Å². The van der Waals surface area contributed by atoms with E-state index in [-0.39, 0.29) is 18.1 Å². The summed E-state index contributed by atoms with van der Waals surface area (Å²) in [6, 6.07) is 16.0. The Kier molecular flexibility index (Phi) is 5.76. The molecule has 7 nitrogen and oxygen atoms in total. The Labute approximate surface area is 180 Å². The molecule has 164 valence electrons. The highest BCUT2D eigenvalue weighted by Gasteiger charge is 2.38. The second kappa shape index (κ2) is 8.66. The van der Waals surface area contributed by atoms with Gasteiger partial charge in [-0.15, -0.1) is 0 Å². The molecule has 0 radical (unpaired) electrons. The maximum atomic E-state index is 12.7. The molecule has 0 unspecified atom stereocenters. The van der Waals surface area contributed by atoms with Gasteiger partial charge in [0, 0.05) is 17.7 Å². The lowest BCUT2D eigenvalue weighted by Gasteiger charge is -2.11. The van der Waals surface area contributed by atoms with Crippen LogP contribution in [0.2, 0.25) is 0 Å². The van der Waals surface area contributed by atoms with Crippen LogP contribution < -0.4 is 0 Å². The van der Waals surface area contributed by atoms with Gasteiger partial charge in [-0.25, -0.2) is 9.78 Å². The number of rotatable bonds is 6. The SMILES string of the molecule is CCOC(=O)c1ncn(Cc2ccc(-c3noc(C(F)(F)F)n3)cc2)c1-c1ccccc1. The zero-order valence-corrected chi connectivity index (χ0v) is 16.8. The van der Waals surface area contributed by atoms with Crippen molar-refractivity contribution in [1.82, 2.24) is 19.7 Å². The van der Waals surface area contributed by atoms with Gasteiger partial charge in [-0.2, -0.15) is 18.2 Å². The fourth-order valence-corrected chi connectivity index (χ4v) is 3.16. The van der Waals surface area contributed by atoms with Crippen LogP contribution in [0.4, 0.5) is 13.2 Å². The van der Waals surface area contributed by atoms with Crippen molar-refractivity contribution >= 4 is 5.97 Å². The number of aromatic nitrogens is 4. The molecule has 2 aromatic heterocycles. The third kappa shape index (κ3) is 4.39. The molecule has 0 aliphatic heterocycles. The predicted molar refractivity (Wildman–Crippen MR) is 107 cm³/mol. The molecular formula is C22H17F3N4O3. The summed E-state index contributed by atoms with van der Waals surface area (Å²) < 4.78 is 49.2. The van der Waals surface area contributed by atoms with Gasteiger partial charge in [0.2, 0.25) is 5.82 Å². The fourth-order valence-electron chi connectivity index (χ4n) is 3.16. The smallest absolute Gasteiger partial charge is 0.461 e. The van der Waals surface area contributed by atoms with Crippen LogP contribution in [-0.4, -0.2) is 32.3 Å². The molecule has 2 aromatic carbocycles. The number of imidazole rings is 1. The lowest BCUT2D eigenvalue weighted by Crippen LogP contribution is -2.08. The molecule has 0 bridgehead atoms. The zero-order valence-electron chi connectivity index (χ0n) is 16.8. The van der Waals surface area contributed by atoms with Gasteiger partial charge in [-0.1, -0.05) is 59.8 Å². The Morgan fingerprint density at radius 3 is 2.41 bits per heavy atom. The first-order chi connectivity index (χ1) is 15.4. The Hall–Kier alpha value is -3.95. The van der Waals surface area contributed by atoms with E-state index in [4.69, 9.17) is 4.74 Å². The topological polar surface area (TPSA) is 83.0 Å². The highest BCUT2D eigenvalue weighted by molar-refractivity contribution is 5.94. The molecule has 32 heavy (non-hydrogen) atoms. The number of halogens is 3. The van der Waals surface area contributed by atoms with Crippen LogP contribution in [0.25, 0.3) is 22.6 Å². The van der Waals surface area contributed by atoms with E-state index in [9.17, 15) is 18.0 Å². The average molecular weight is 442 g/mol. The highest BCUT2D eigenvalue weighted by atomic mass is 19.4. The summed E-state index contributed by atoms with van der Waals surface area (Å²) >= 11 is 0. The van der Waals surface area contributed by atoms with Gasteiger partial charge >= 0.3 is 18.0 Å². The number of hydrogen-bond acceptors (Lipinski definition) is 6. The molecule has 0 saturated carbocycles. The van der Waals surface area contributed by atoms with Gasteiger partial charge in [0.05, 0.1) is 18.6 Å². The third-order valence-electron chi connectivity index (χ3n) is 4.59. The van der Waals surface area contributed by atoms with Gasteiger partial charge in [-0.05, 0) is 12.5 Å². The fraction of sp³-hybridized carbons (Fsp3) is 0.182. The second-order valence-corrected chi connectivity index (χ2v) is 6.77. The Morgan fingerprint density at radius 1 is 1.06 bits per heavy atom. The third-order valence-corrected chi connectivity index (χ3v) is 4.59. The maximum Gasteiger partial charge on any atom is 0.471 e. The Balaban J connectivity index is 1.62. The van der Waals surface area contributed by atoms with Gasteiger partial charge in [0.1, 0.15) is 0 Å². The second-order valence-electron chi connectivity index (χ2n) is 6.77. The molecular weight excluding hydrogens is 425 g/mol. The predicted octanol–water partition coefficient (Wildman–Crippen LogP) is 4.84. The summed E-state index contributed by atoms with van der Waals surface area (Å²) in [6.07, 6.45) is -3.14. The average Bonchev–Trinajstić information content (AvgIpc) is 3.43. The van der Waals surface area contributed by atoms with E-state index in [1.807, 2.05) is 34.9 Å². The number of carbonyl (C=O) groups is 1. The summed E-state index contributed by atoms with van der Waals surface area (Å²) in [5.41, 5.74) is 2.84. The Morgan fingerprint density at radius 2 is 1.78 bits per heavy atom. The van der Waals surface area contributed by atoms with Crippen molar-refractivity contribution < 1.29 is 27.2 Å². The number of esters is 1. The minimum Gasteiger partial charge on any atom is -0.461 e. The van der Waals surface area contributed by atoms with E-state index in [0.717, 1.165) is 11.1 Å². The molecule has 0 saturated heterocycles. The highest BCUT2D eigenvalue weighted by Crippen LogP contribution is 2.30. The molecule has 4 rings (SSSR count). The van der Waals surface area contributed by atoms with E-state index in [0.29, 0.717) is 17.8 Å². The molecule has 4 aromatic rings. The van der Waals surface area contributed by atoms with E-state index in [2.05, 4.69) is 19.6 Å². The zero-order chi connectivity index (χ0) is 22.7. The minimum atomic E-state index is -4.70. The number of carbonyl (C=O) groups excluding carboxylic acids is 1. The van der Waals surface area contributed by atoms with Crippen LogP contribution in [-0.2, 0) is 17.5 Å². The van der Waals surface area contributed by atoms with Crippen molar-refractivity contribution in [2.24, 2.45) is 0 Å². The monoisotopic (exact) mass is 442 g/mol. The lowest BCUT2D eigenvalue weighted by atomic mass is 10.1. The van der Waals surface area contributed by atoms with Crippen LogP contribution in [0.15, 0.2) is 65.4 Å². The molecule has 10 heteroatoms. The Bertz CT molecular complexity index is 1220. The van der Waals surface area contributed by atoms with Crippen molar-refractivity contribution in [3.8, 4) is 22.6 Å². The van der Waals surface area contributed by atoms with Gasteiger partial charge < -0.3 is 13.8 Å². The van der Waals surface area contributed by atoms with Crippen LogP contribution in [0.1, 0.15) is 28.9 Å². The number of ether oxygens (including phenoxy) is 1. The quantitative estimate of drug-likeness (QED) is 0.397. The summed E-state index contributed by atoms with van der Waals surface area (Å²) in [5, 5.41) is 3.39. The number of nitrogens with zero attached hydrogens (tertiary/aromatic N) is 4. The standard InChI is InChI=1S/C22H17F3N4O3/c1-2-31-20(30)17-18(15-6-4-3-5-7-15)29(13-26-17)12-14-8-10-16(11-9-14)19-27-21(32-28-19)22(23,24)25/h3-11,13H,2,12H2,1H3. The van der Waals surface area contributed by atoms with Crippen LogP contribution in [0, 0.1) is 0 Å². The molecule has 0 spiro atoms. The normalized spacial score (nSPS) is 11.5. The minimum absolute atomic E-state index is 0.152. The van der Waals surface area contributed by atoms with Crippen molar-refractivity contribution in [3.05, 3.63) is 78.1 Å². The molecule has 0 fully saturated rings. The first-order valence-corrected chi connectivity index (χ1v) is 9.64. The van der Waals surface area contributed by atoms with Gasteiger partial charge in [0.15, 0.2) is 5.69 Å². The van der Waals surface area contributed by atoms with Crippen molar-refractivity contribution in [2.75, 3.05) is 6.61 Å². The summed E-state index contributed by atoms with van der Waals surface area (Å²) in [6.45, 7) is 2.32. The first-order valence-electron chi connectivity index (χ1n) is 9.64. The lowest BCUT2D eigenvalue weighted by molar-refractivity contribution is -0.159. The summed E-state index contributed by atoms with van der Waals surface area (Å²) in [4.78, 5) is 20.0. The number of alkyl halides is 3. The van der Waals surface area contributed by atoms with E-state index in [1.54, 1.807) is 37.5 Å². The van der Waals surface area contributed by atoms with Crippen LogP contribution >= 0.6 is 0 Å². The van der Waals surface area contributed by atoms with Crippen molar-refractivity contribution in [3.63, 3.8) is 0 Å². The van der Waals surface area contributed by atoms with Crippen LogP contribution in [0.3, 0.4) is 0 Å². The summed E-state index contributed by atoms with van der Waals surface area (Å²) in [7, 11) is 0. The van der Waals surface area contributed by atoms with E-state index in [1.165, 1.54) is 0 Å². The number of hydrogen-bond donors (Lipinski definition) is 0. The molecule has 0 aliphatic rings. The summed E-state index contributed by atoms with van der Waals surface area (Å²) in [5.74, 6) is -2.06. The van der Waals surface area contributed by atoms with E-state index >= 15 is 0 Å². The van der Waals surface area contributed by atoms with Crippen molar-refractivity contribution in [2.45, 2.75) is 19.6 Å². The molecule has 0 aliphatic carbocycles. The van der Waals surface area contributed by atoms with Crippen LogP contribution in [0.5, 0.6) is 0 Å². The molecule has 2 heterocycles. The largest absolute Gasteiger partial charge is 0.471 e.